The van der Waals surface area contributed by atoms with Gasteiger partial charge >= 0.3 is 0 Å². The second kappa shape index (κ2) is 2.83. The van der Waals surface area contributed by atoms with E-state index in [-0.39, 0.29) is 0 Å². The summed E-state index contributed by atoms with van der Waals surface area (Å²) in [5, 5.41) is 9.94. The van der Waals surface area contributed by atoms with E-state index in [1.54, 1.807) is 13.2 Å². The number of nitrogens with one attached hydrogen (secondary N) is 1. The van der Waals surface area contributed by atoms with Crippen LogP contribution in [0, 0.1) is 11.3 Å². The van der Waals surface area contributed by atoms with Gasteiger partial charge in [-0.05, 0) is 18.2 Å². The number of hydrogen-bond donors (Lipinski definition) is 1. The number of aromatic amines is 1. The molecular weight excluding hydrogens is 164 g/mol. The molecule has 13 heavy (non-hydrogen) atoms. The van der Waals surface area contributed by atoms with E-state index >= 15 is 0 Å². The molecule has 0 saturated carbocycles. The number of H-pyrrole nitrogens is 1. The van der Waals surface area contributed by atoms with Gasteiger partial charge < -0.3 is 9.72 Å². The Morgan fingerprint density at radius 1 is 1.38 bits per heavy atom. The largest absolute Gasteiger partial charge is 0.495 e. The van der Waals surface area contributed by atoms with Crippen LogP contribution in [0.5, 0.6) is 5.75 Å². The van der Waals surface area contributed by atoms with Gasteiger partial charge in [0.1, 0.15) is 17.4 Å². The molecule has 64 valence electrons. The molecule has 0 amide bonds. The Balaban J connectivity index is 2.84. The molecule has 0 aliphatic carbocycles. The predicted molar refractivity (Wildman–Crippen MR) is 49.6 cm³/mol. The van der Waals surface area contributed by atoms with Gasteiger partial charge in [-0.2, -0.15) is 5.26 Å². The average Bonchev–Trinajstić information content (AvgIpc) is 2.63. The van der Waals surface area contributed by atoms with Gasteiger partial charge in [-0.1, -0.05) is 0 Å². The minimum atomic E-state index is 0.560. The van der Waals surface area contributed by atoms with E-state index in [1.807, 2.05) is 18.3 Å². The van der Waals surface area contributed by atoms with E-state index in [9.17, 15) is 0 Å². The van der Waals surface area contributed by atoms with Crippen molar-refractivity contribution >= 4 is 10.9 Å². The molecule has 0 aliphatic rings. The zero-order valence-corrected chi connectivity index (χ0v) is 7.16. The van der Waals surface area contributed by atoms with Gasteiger partial charge in [0.2, 0.25) is 0 Å². The number of nitrogens with zero attached hydrogens (tertiary/aromatic N) is 1. The zero-order chi connectivity index (χ0) is 9.26. The van der Waals surface area contributed by atoms with Crippen LogP contribution in [0.3, 0.4) is 0 Å². The monoisotopic (exact) mass is 172 g/mol. The number of ether oxygens (including phenoxy) is 1. The summed E-state index contributed by atoms with van der Waals surface area (Å²) in [5.74, 6) is 0.609. The second-order valence-electron chi connectivity index (χ2n) is 2.70. The predicted octanol–water partition coefficient (Wildman–Crippen LogP) is 2.05. The fraction of sp³-hybridized carbons (Fsp3) is 0.100. The number of methoxy groups -OCH3 is 1. The lowest BCUT2D eigenvalue weighted by Gasteiger charge is -2.02. The first-order valence-electron chi connectivity index (χ1n) is 3.91. The molecule has 1 heterocycles. The van der Waals surface area contributed by atoms with Crippen molar-refractivity contribution in [2.24, 2.45) is 0 Å². The summed E-state index contributed by atoms with van der Waals surface area (Å²) in [6, 6.07) is 7.77. The van der Waals surface area contributed by atoms with E-state index < -0.39 is 0 Å². The first-order chi connectivity index (χ1) is 6.36. The summed E-state index contributed by atoms with van der Waals surface area (Å²) in [6.45, 7) is 0. The number of benzene rings is 1. The van der Waals surface area contributed by atoms with Crippen LogP contribution in [0.15, 0.2) is 24.4 Å². The Labute approximate surface area is 75.6 Å². The molecule has 3 heteroatoms. The van der Waals surface area contributed by atoms with Crippen LogP contribution >= 0.6 is 0 Å². The first-order valence-corrected chi connectivity index (χ1v) is 3.91. The molecular formula is C10H8N2O. The highest BCUT2D eigenvalue weighted by molar-refractivity contribution is 5.87. The highest BCUT2D eigenvalue weighted by Gasteiger charge is 2.07. The van der Waals surface area contributed by atoms with Crippen molar-refractivity contribution in [2.45, 2.75) is 0 Å². The van der Waals surface area contributed by atoms with Crippen LogP contribution in [0.1, 0.15) is 5.56 Å². The third-order valence-corrected chi connectivity index (χ3v) is 2.02. The normalized spacial score (nSPS) is 9.85. The van der Waals surface area contributed by atoms with Crippen LogP contribution in [0.25, 0.3) is 10.9 Å². The molecule has 1 aromatic carbocycles. The number of fused-ring (bicyclic) bond motifs is 1. The molecule has 3 nitrogen and oxygen atoms in total. The second-order valence-corrected chi connectivity index (χ2v) is 2.70. The van der Waals surface area contributed by atoms with Crippen molar-refractivity contribution in [3.63, 3.8) is 0 Å². The molecule has 0 aliphatic heterocycles. The number of rotatable bonds is 1. The van der Waals surface area contributed by atoms with Gasteiger partial charge in [0, 0.05) is 11.6 Å². The quantitative estimate of drug-likeness (QED) is 0.715. The molecule has 0 atom stereocenters. The Bertz CT molecular complexity index is 479. The Hall–Kier alpha value is -1.95. The molecule has 1 aromatic heterocycles. The Kier molecular flexibility index (Phi) is 1.67. The molecule has 0 radical (unpaired) electrons. The van der Waals surface area contributed by atoms with Gasteiger partial charge in [-0.15, -0.1) is 0 Å². The summed E-state index contributed by atoms with van der Waals surface area (Å²) in [6.07, 6.45) is 1.81. The fourth-order valence-corrected chi connectivity index (χ4v) is 1.39. The van der Waals surface area contributed by atoms with Crippen molar-refractivity contribution in [2.75, 3.05) is 7.11 Å². The van der Waals surface area contributed by atoms with Gasteiger partial charge in [0.05, 0.1) is 12.6 Å². The van der Waals surface area contributed by atoms with E-state index in [0.717, 1.165) is 10.9 Å². The van der Waals surface area contributed by atoms with Crippen LogP contribution in [-0.2, 0) is 0 Å². The van der Waals surface area contributed by atoms with Crippen molar-refractivity contribution in [1.82, 2.24) is 4.98 Å². The van der Waals surface area contributed by atoms with E-state index in [4.69, 9.17) is 10.00 Å². The minimum absolute atomic E-state index is 0.560. The standard InChI is InChI=1S/C10H8N2O/c1-13-9-3-2-7-4-5-12-10(7)8(9)6-11/h2-5,12H,1H3. The van der Waals surface area contributed by atoms with Crippen LogP contribution in [0.2, 0.25) is 0 Å². The molecule has 0 saturated heterocycles. The van der Waals surface area contributed by atoms with Crippen molar-refractivity contribution in [1.29, 1.82) is 5.26 Å². The molecule has 2 aromatic rings. The van der Waals surface area contributed by atoms with Crippen LogP contribution < -0.4 is 4.74 Å². The molecule has 0 fully saturated rings. The number of hydrogen-bond acceptors (Lipinski definition) is 2. The number of nitriles is 1. The smallest absolute Gasteiger partial charge is 0.138 e. The maximum Gasteiger partial charge on any atom is 0.138 e. The Morgan fingerprint density at radius 2 is 2.23 bits per heavy atom. The molecule has 0 spiro atoms. The van der Waals surface area contributed by atoms with Crippen molar-refractivity contribution in [3.05, 3.63) is 30.0 Å². The fourth-order valence-electron chi connectivity index (χ4n) is 1.39. The minimum Gasteiger partial charge on any atom is -0.495 e. The van der Waals surface area contributed by atoms with Crippen LogP contribution in [-0.4, -0.2) is 12.1 Å². The van der Waals surface area contributed by atoms with E-state index in [0.29, 0.717) is 11.3 Å². The third kappa shape index (κ3) is 1.04. The van der Waals surface area contributed by atoms with Crippen LogP contribution in [0.4, 0.5) is 0 Å². The van der Waals surface area contributed by atoms with Gasteiger partial charge in [0.15, 0.2) is 0 Å². The Morgan fingerprint density at radius 3 is 2.92 bits per heavy atom. The lowest BCUT2D eigenvalue weighted by atomic mass is 10.1. The topological polar surface area (TPSA) is 48.8 Å². The highest BCUT2D eigenvalue weighted by Crippen LogP contribution is 2.25. The molecule has 1 N–H and O–H groups in total. The maximum atomic E-state index is 8.92. The third-order valence-electron chi connectivity index (χ3n) is 2.02. The summed E-state index contributed by atoms with van der Waals surface area (Å²) in [4.78, 5) is 3.01. The average molecular weight is 172 g/mol. The number of aromatic nitrogens is 1. The van der Waals surface area contributed by atoms with E-state index in [2.05, 4.69) is 11.1 Å². The zero-order valence-electron chi connectivity index (χ0n) is 7.16. The maximum absolute atomic E-state index is 8.92. The highest BCUT2D eigenvalue weighted by atomic mass is 16.5. The SMILES string of the molecule is COc1ccc2cc[nH]c2c1C#N. The van der Waals surface area contributed by atoms with Gasteiger partial charge in [-0.25, -0.2) is 0 Å². The first kappa shape index (κ1) is 7.69. The van der Waals surface area contributed by atoms with Gasteiger partial charge in [0.25, 0.3) is 0 Å². The summed E-state index contributed by atoms with van der Waals surface area (Å²) in [5.41, 5.74) is 1.40. The lowest BCUT2D eigenvalue weighted by Crippen LogP contribution is -1.88. The van der Waals surface area contributed by atoms with Crippen molar-refractivity contribution in [3.8, 4) is 11.8 Å². The van der Waals surface area contributed by atoms with E-state index in [1.165, 1.54) is 0 Å². The van der Waals surface area contributed by atoms with Gasteiger partial charge in [-0.3, -0.25) is 0 Å². The molecule has 2 rings (SSSR count). The molecule has 0 unspecified atom stereocenters. The summed E-state index contributed by atoms with van der Waals surface area (Å²) >= 11 is 0. The lowest BCUT2D eigenvalue weighted by molar-refractivity contribution is 0.414. The summed E-state index contributed by atoms with van der Waals surface area (Å²) in [7, 11) is 1.56. The summed E-state index contributed by atoms with van der Waals surface area (Å²) < 4.78 is 5.07. The molecule has 0 bridgehead atoms. The van der Waals surface area contributed by atoms with Crippen molar-refractivity contribution < 1.29 is 4.74 Å².